The molecule has 0 unspecified atom stereocenters. The molecule has 1 atom stereocenters. The summed E-state index contributed by atoms with van der Waals surface area (Å²) < 4.78 is 12.4. The van der Waals surface area contributed by atoms with Crippen LogP contribution in [0.3, 0.4) is 0 Å². The first-order valence-electron chi connectivity index (χ1n) is 9.66. The third kappa shape index (κ3) is 4.64. The third-order valence-corrected chi connectivity index (χ3v) is 10.9. The zero-order valence-electron chi connectivity index (χ0n) is 17.3. The summed E-state index contributed by atoms with van der Waals surface area (Å²) in [6, 6.07) is 10.9. The van der Waals surface area contributed by atoms with Crippen LogP contribution in [-0.2, 0) is 9.31 Å². The lowest BCUT2D eigenvalue weighted by Crippen LogP contribution is -2.46. The van der Waals surface area contributed by atoms with Gasteiger partial charge >= 0.3 is 7.12 Å². The molecule has 1 saturated heterocycles. The first kappa shape index (κ1) is 21.7. The van der Waals surface area contributed by atoms with Gasteiger partial charge in [0.15, 0.2) is 0 Å². The fourth-order valence-corrected chi connectivity index (χ4v) is 6.94. The maximum atomic E-state index is 6.22. The average molecular weight is 393 g/mol. The fraction of sp³-hybridized carbons (Fsp3) is 0.619. The van der Waals surface area contributed by atoms with Crippen LogP contribution in [0.1, 0.15) is 47.0 Å². The predicted octanol–water partition coefficient (Wildman–Crippen LogP) is 5.57. The van der Waals surface area contributed by atoms with Crippen LogP contribution in [0, 0.1) is 0 Å². The van der Waals surface area contributed by atoms with Crippen LogP contribution in [0.15, 0.2) is 42.4 Å². The smallest absolute Gasteiger partial charge is 0.400 e. The molecule has 0 amide bonds. The Morgan fingerprint density at radius 1 is 1.12 bits per heavy atom. The second-order valence-electron chi connectivity index (χ2n) is 9.07. The van der Waals surface area contributed by atoms with E-state index in [2.05, 4.69) is 77.7 Å². The Bertz CT molecular complexity index is 600. The molecule has 1 aliphatic rings. The molecule has 0 bridgehead atoms. The molecule has 2 rings (SSSR count). The summed E-state index contributed by atoms with van der Waals surface area (Å²) in [6.07, 6.45) is 3.09. The first-order chi connectivity index (χ1) is 12.0. The van der Waals surface area contributed by atoms with E-state index in [0.29, 0.717) is 11.4 Å². The molecular weight excluding hydrogens is 359 g/mol. The zero-order valence-corrected chi connectivity index (χ0v) is 19.0. The molecule has 0 spiro atoms. The Morgan fingerprint density at radius 3 is 2.15 bits per heavy atom. The second-order valence-corrected chi connectivity index (χ2v) is 14.3. The lowest BCUT2D eigenvalue weighted by molar-refractivity contribution is 0.00578. The molecule has 1 heterocycles. The van der Waals surface area contributed by atoms with E-state index in [0.717, 1.165) is 24.7 Å². The second kappa shape index (κ2) is 8.22. The summed E-state index contributed by atoms with van der Waals surface area (Å²) in [4.78, 5) is 0. The topological polar surface area (TPSA) is 18.5 Å². The SMILES string of the molecule is C=C(C[C@H](CCCCl)[Si](C)(C)c1ccccc1)B1OC(C)(C)C(C)(C)O1. The Hall–Kier alpha value is -0.548. The summed E-state index contributed by atoms with van der Waals surface area (Å²) in [5.41, 5.74) is 0.979. The molecule has 0 radical (unpaired) electrons. The number of hydrogen-bond donors (Lipinski definition) is 0. The number of allylic oxidation sites excluding steroid dienone is 1. The van der Waals surface area contributed by atoms with E-state index in [1.165, 1.54) is 5.19 Å². The van der Waals surface area contributed by atoms with Crippen molar-refractivity contribution in [3.05, 3.63) is 42.4 Å². The molecule has 0 saturated carbocycles. The molecule has 144 valence electrons. The summed E-state index contributed by atoms with van der Waals surface area (Å²) in [7, 11) is -1.98. The van der Waals surface area contributed by atoms with Gasteiger partial charge in [-0.2, -0.15) is 0 Å². The minimum absolute atomic E-state index is 0.320. The van der Waals surface area contributed by atoms with Crippen molar-refractivity contribution < 1.29 is 9.31 Å². The standard InChI is InChI=1S/C21H34BClO2Si/c1-17(22-24-20(2,3)21(4,5)25-22)16-19(14-11-15-23)26(6,7)18-12-9-8-10-13-18/h8-10,12-13,19H,1,11,14-16H2,2-7H3/t19-/m0/s1. The van der Waals surface area contributed by atoms with E-state index in [1.54, 1.807) is 0 Å². The van der Waals surface area contributed by atoms with E-state index >= 15 is 0 Å². The monoisotopic (exact) mass is 392 g/mol. The molecule has 0 N–H and O–H groups in total. The summed E-state index contributed by atoms with van der Waals surface area (Å²) in [6.45, 7) is 17.6. The molecule has 1 aromatic rings. The van der Waals surface area contributed by atoms with Crippen molar-refractivity contribution in [3.8, 4) is 0 Å². The number of benzene rings is 1. The molecule has 26 heavy (non-hydrogen) atoms. The molecular formula is C21H34BClO2Si. The molecule has 0 aromatic heterocycles. The van der Waals surface area contributed by atoms with Gasteiger partial charge in [-0.3, -0.25) is 0 Å². The van der Waals surface area contributed by atoms with Crippen molar-refractivity contribution in [2.75, 3.05) is 5.88 Å². The van der Waals surface area contributed by atoms with E-state index in [4.69, 9.17) is 20.9 Å². The quantitative estimate of drug-likeness (QED) is 0.425. The highest BCUT2D eigenvalue weighted by Crippen LogP contribution is 2.41. The fourth-order valence-electron chi connectivity index (χ4n) is 3.57. The van der Waals surface area contributed by atoms with Crippen LogP contribution in [0.4, 0.5) is 0 Å². The summed E-state index contributed by atoms with van der Waals surface area (Å²) in [5.74, 6) is 0.707. The van der Waals surface area contributed by atoms with Gasteiger partial charge in [-0.05, 0) is 51.6 Å². The highest BCUT2D eigenvalue weighted by molar-refractivity contribution is 6.91. The Balaban J connectivity index is 2.17. The van der Waals surface area contributed by atoms with E-state index in [1.807, 2.05) is 0 Å². The summed E-state index contributed by atoms with van der Waals surface area (Å²) in [5, 5.41) is 1.49. The lowest BCUT2D eigenvalue weighted by atomic mass is 9.76. The van der Waals surface area contributed by atoms with Crippen LogP contribution in [-0.4, -0.2) is 32.3 Å². The van der Waals surface area contributed by atoms with Crippen LogP contribution < -0.4 is 5.19 Å². The highest BCUT2D eigenvalue weighted by Gasteiger charge is 2.52. The van der Waals surface area contributed by atoms with Gasteiger partial charge in [-0.1, -0.05) is 55.0 Å². The number of rotatable bonds is 8. The third-order valence-electron chi connectivity index (χ3n) is 6.32. The molecule has 1 aromatic carbocycles. The highest BCUT2D eigenvalue weighted by atomic mass is 35.5. The van der Waals surface area contributed by atoms with Gasteiger partial charge in [-0.25, -0.2) is 0 Å². The largest absolute Gasteiger partial charge is 0.489 e. The minimum atomic E-state index is -1.66. The molecule has 5 heteroatoms. The van der Waals surface area contributed by atoms with Crippen molar-refractivity contribution in [1.82, 2.24) is 0 Å². The maximum absolute atomic E-state index is 6.22. The maximum Gasteiger partial charge on any atom is 0.489 e. The van der Waals surface area contributed by atoms with Crippen molar-refractivity contribution in [2.45, 2.75) is 76.8 Å². The summed E-state index contributed by atoms with van der Waals surface area (Å²) >= 11 is 6.02. The van der Waals surface area contributed by atoms with E-state index < -0.39 is 8.07 Å². The van der Waals surface area contributed by atoms with E-state index in [-0.39, 0.29) is 18.3 Å². The van der Waals surface area contributed by atoms with Crippen LogP contribution >= 0.6 is 11.6 Å². The minimum Gasteiger partial charge on any atom is -0.400 e. The van der Waals surface area contributed by atoms with Crippen molar-refractivity contribution in [1.29, 1.82) is 0 Å². The predicted molar refractivity (Wildman–Crippen MR) is 117 cm³/mol. The van der Waals surface area contributed by atoms with Crippen molar-refractivity contribution in [2.24, 2.45) is 0 Å². The van der Waals surface area contributed by atoms with Gasteiger partial charge in [0.05, 0.1) is 19.3 Å². The number of halogens is 1. The lowest BCUT2D eigenvalue weighted by Gasteiger charge is -2.34. The molecule has 2 nitrogen and oxygen atoms in total. The van der Waals surface area contributed by atoms with Gasteiger partial charge in [0.1, 0.15) is 0 Å². The Labute approximate surface area is 166 Å². The number of alkyl halides is 1. The number of hydrogen-bond acceptors (Lipinski definition) is 2. The van der Waals surface area contributed by atoms with Gasteiger partial charge in [0, 0.05) is 5.88 Å². The van der Waals surface area contributed by atoms with Gasteiger partial charge in [0.2, 0.25) is 0 Å². The zero-order chi connectivity index (χ0) is 19.6. The van der Waals surface area contributed by atoms with Gasteiger partial charge in [-0.15, -0.1) is 18.2 Å². The normalized spacial score (nSPS) is 20.2. The molecule has 1 fully saturated rings. The van der Waals surface area contributed by atoms with Gasteiger partial charge in [0.25, 0.3) is 0 Å². The van der Waals surface area contributed by atoms with Gasteiger partial charge < -0.3 is 9.31 Å². The van der Waals surface area contributed by atoms with Crippen LogP contribution in [0.5, 0.6) is 0 Å². The van der Waals surface area contributed by atoms with Crippen molar-refractivity contribution in [3.63, 3.8) is 0 Å². The van der Waals surface area contributed by atoms with Crippen LogP contribution in [0.25, 0.3) is 0 Å². The van der Waals surface area contributed by atoms with Crippen LogP contribution in [0.2, 0.25) is 18.6 Å². The molecule has 0 aliphatic carbocycles. The first-order valence-corrected chi connectivity index (χ1v) is 13.3. The average Bonchev–Trinajstić information content (AvgIpc) is 2.80. The Kier molecular flexibility index (Phi) is 6.87. The van der Waals surface area contributed by atoms with Crippen molar-refractivity contribution >= 4 is 32.0 Å². The molecule has 1 aliphatic heterocycles. The van der Waals surface area contributed by atoms with E-state index in [9.17, 15) is 0 Å². The Morgan fingerprint density at radius 2 is 1.65 bits per heavy atom.